The van der Waals surface area contributed by atoms with Crippen LogP contribution in [0.3, 0.4) is 0 Å². The van der Waals surface area contributed by atoms with Gasteiger partial charge in [0.15, 0.2) is 9.84 Å². The van der Waals surface area contributed by atoms with Crippen LogP contribution in [0.1, 0.15) is 11.1 Å². The van der Waals surface area contributed by atoms with Crippen molar-refractivity contribution in [2.75, 3.05) is 66.4 Å². The fourth-order valence-electron chi connectivity index (χ4n) is 3.65. The number of carbonyl (C=O) groups is 2. The summed E-state index contributed by atoms with van der Waals surface area (Å²) in [5, 5.41) is 0. The Labute approximate surface area is 217 Å². The van der Waals surface area contributed by atoms with E-state index < -0.39 is 21.8 Å². The second-order valence-electron chi connectivity index (χ2n) is 7.87. The highest BCUT2D eigenvalue weighted by Crippen LogP contribution is 2.35. The van der Waals surface area contributed by atoms with Crippen molar-refractivity contribution in [3.8, 4) is 23.0 Å². The van der Waals surface area contributed by atoms with Gasteiger partial charge < -0.3 is 33.3 Å². The van der Waals surface area contributed by atoms with E-state index in [1.54, 1.807) is 30.3 Å². The van der Waals surface area contributed by atoms with Crippen molar-refractivity contribution in [1.29, 1.82) is 0 Å². The Kier molecular flexibility index (Phi) is 10.9. The Bertz CT molecular complexity index is 1150. The summed E-state index contributed by atoms with van der Waals surface area (Å²) in [5.41, 5.74) is 1.40. The summed E-state index contributed by atoms with van der Waals surface area (Å²) < 4.78 is 57.1. The second kappa shape index (κ2) is 13.6. The van der Waals surface area contributed by atoms with Crippen molar-refractivity contribution >= 4 is 27.5 Å². The summed E-state index contributed by atoms with van der Waals surface area (Å²) in [7, 11) is 4.77. The van der Waals surface area contributed by atoms with E-state index in [1.165, 1.54) is 47.6 Å². The van der Waals surface area contributed by atoms with Crippen LogP contribution >= 0.6 is 0 Å². The van der Waals surface area contributed by atoms with Gasteiger partial charge in [-0.05, 0) is 24.1 Å². The van der Waals surface area contributed by atoms with Crippen LogP contribution < -0.4 is 23.8 Å². The highest BCUT2D eigenvalue weighted by atomic mass is 32.2. The Morgan fingerprint density at radius 3 is 1.76 bits per heavy atom. The summed E-state index contributed by atoms with van der Waals surface area (Å²) >= 11 is 0. The molecule has 0 unspecified atom stereocenters. The number of esters is 2. The number of ether oxygens (including phenoxy) is 6. The molecule has 0 radical (unpaired) electrons. The molecule has 204 valence electrons. The van der Waals surface area contributed by atoms with Crippen LogP contribution in [0, 0.1) is 0 Å². The quantitative estimate of drug-likeness (QED) is 0.327. The number of rotatable bonds is 14. The van der Waals surface area contributed by atoms with E-state index in [-0.39, 0.29) is 31.0 Å². The van der Waals surface area contributed by atoms with E-state index in [4.69, 9.17) is 28.4 Å². The highest BCUT2D eigenvalue weighted by molar-refractivity contribution is 7.90. The molecule has 0 aliphatic rings. The molecule has 0 amide bonds. The van der Waals surface area contributed by atoms with E-state index in [0.717, 1.165) is 0 Å². The topological polar surface area (TPSA) is 127 Å². The zero-order chi connectivity index (χ0) is 27.6. The number of hydrogen-bond acceptors (Lipinski definition) is 11. The van der Waals surface area contributed by atoms with Gasteiger partial charge in [-0.25, -0.2) is 8.42 Å². The molecule has 0 spiro atoms. The number of carbonyl (C=O) groups excluding carboxylic acids is 2. The number of sulfone groups is 1. The molecule has 2 aromatic rings. The first-order chi connectivity index (χ1) is 17.6. The van der Waals surface area contributed by atoms with E-state index in [9.17, 15) is 18.0 Å². The SMILES string of the molecule is COC(=O)CN(CC(=O)OC)c1cc(CS(=O)(=O)CCc2c(OC)cc(OC)cc2OC)ccc1OC. The molecule has 0 saturated heterocycles. The second-order valence-corrected chi connectivity index (χ2v) is 10.1. The van der Waals surface area contributed by atoms with Gasteiger partial charge in [0.25, 0.3) is 0 Å². The van der Waals surface area contributed by atoms with Gasteiger partial charge in [-0.2, -0.15) is 0 Å². The molecule has 0 saturated carbocycles. The van der Waals surface area contributed by atoms with Crippen LogP contribution in [0.25, 0.3) is 0 Å². The Hall–Kier alpha value is -3.67. The van der Waals surface area contributed by atoms with Crippen LogP contribution in [-0.4, -0.2) is 81.9 Å². The van der Waals surface area contributed by atoms with Gasteiger partial charge in [-0.1, -0.05) is 6.07 Å². The molecule has 11 nitrogen and oxygen atoms in total. The van der Waals surface area contributed by atoms with Crippen molar-refractivity contribution in [3.05, 3.63) is 41.5 Å². The number of anilines is 1. The van der Waals surface area contributed by atoms with Gasteiger partial charge in [0.2, 0.25) is 0 Å². The number of hydrogen-bond donors (Lipinski definition) is 0. The Morgan fingerprint density at radius 2 is 1.30 bits per heavy atom. The van der Waals surface area contributed by atoms with Crippen molar-refractivity contribution < 1.29 is 46.4 Å². The van der Waals surface area contributed by atoms with Gasteiger partial charge in [0.1, 0.15) is 36.1 Å². The maximum atomic E-state index is 13.1. The van der Waals surface area contributed by atoms with Crippen molar-refractivity contribution in [1.82, 2.24) is 0 Å². The van der Waals surface area contributed by atoms with Gasteiger partial charge in [-0.15, -0.1) is 0 Å². The average molecular weight is 540 g/mol. The largest absolute Gasteiger partial charge is 0.496 e. The minimum absolute atomic E-state index is 0.151. The maximum absolute atomic E-state index is 13.1. The van der Waals surface area contributed by atoms with Crippen molar-refractivity contribution in [2.24, 2.45) is 0 Å². The molecular weight excluding hydrogens is 506 g/mol. The predicted octanol–water partition coefficient (Wildman–Crippen LogP) is 2.03. The van der Waals surface area contributed by atoms with E-state index in [1.807, 2.05) is 0 Å². The highest BCUT2D eigenvalue weighted by Gasteiger charge is 2.22. The minimum Gasteiger partial charge on any atom is -0.496 e. The summed E-state index contributed by atoms with van der Waals surface area (Å²) in [6, 6.07) is 8.09. The molecule has 0 aliphatic heterocycles. The van der Waals surface area contributed by atoms with Crippen molar-refractivity contribution in [2.45, 2.75) is 12.2 Å². The average Bonchev–Trinajstić information content (AvgIpc) is 2.90. The van der Waals surface area contributed by atoms with Crippen LogP contribution in [0.5, 0.6) is 23.0 Å². The molecule has 0 atom stereocenters. The first-order valence-corrected chi connectivity index (χ1v) is 13.0. The molecular formula is C25H33NO10S. The van der Waals surface area contributed by atoms with Crippen LogP contribution in [0.15, 0.2) is 30.3 Å². The van der Waals surface area contributed by atoms with Crippen LogP contribution in [0.2, 0.25) is 0 Å². The van der Waals surface area contributed by atoms with E-state index in [0.29, 0.717) is 39.8 Å². The smallest absolute Gasteiger partial charge is 0.325 e. The lowest BCUT2D eigenvalue weighted by Gasteiger charge is -2.25. The van der Waals surface area contributed by atoms with Crippen molar-refractivity contribution in [3.63, 3.8) is 0 Å². The summed E-state index contributed by atoms with van der Waals surface area (Å²) in [6.45, 7) is -0.537. The first kappa shape index (κ1) is 29.6. The van der Waals surface area contributed by atoms with Crippen LogP contribution in [0.4, 0.5) is 5.69 Å². The summed E-state index contributed by atoms with van der Waals surface area (Å²) in [5.74, 6) is 0.143. The molecule has 2 aromatic carbocycles. The van der Waals surface area contributed by atoms with E-state index in [2.05, 4.69) is 0 Å². The third-order valence-corrected chi connectivity index (χ3v) is 7.15. The normalized spacial score (nSPS) is 10.9. The zero-order valence-corrected chi connectivity index (χ0v) is 22.7. The van der Waals surface area contributed by atoms with Gasteiger partial charge in [0.05, 0.1) is 59.9 Å². The maximum Gasteiger partial charge on any atom is 0.325 e. The third kappa shape index (κ3) is 8.17. The summed E-state index contributed by atoms with van der Waals surface area (Å²) in [6.07, 6.45) is 0.151. The van der Waals surface area contributed by atoms with Gasteiger partial charge in [0, 0.05) is 17.7 Å². The van der Waals surface area contributed by atoms with Crippen LogP contribution in [-0.2, 0) is 41.1 Å². The van der Waals surface area contributed by atoms with E-state index >= 15 is 0 Å². The Morgan fingerprint density at radius 1 is 0.757 bits per heavy atom. The third-order valence-electron chi connectivity index (χ3n) is 5.55. The summed E-state index contributed by atoms with van der Waals surface area (Å²) in [4.78, 5) is 25.3. The van der Waals surface area contributed by atoms with Gasteiger partial charge >= 0.3 is 11.9 Å². The molecule has 37 heavy (non-hydrogen) atoms. The minimum atomic E-state index is -3.60. The zero-order valence-electron chi connectivity index (χ0n) is 21.9. The molecule has 0 heterocycles. The Balaban J connectivity index is 2.32. The molecule has 2 rings (SSSR count). The lowest BCUT2D eigenvalue weighted by atomic mass is 10.1. The van der Waals surface area contributed by atoms with Gasteiger partial charge in [-0.3, -0.25) is 9.59 Å². The lowest BCUT2D eigenvalue weighted by molar-refractivity contribution is -0.140. The number of benzene rings is 2. The molecule has 12 heteroatoms. The lowest BCUT2D eigenvalue weighted by Crippen LogP contribution is -2.36. The molecule has 0 N–H and O–H groups in total. The first-order valence-electron chi connectivity index (χ1n) is 11.2. The molecule has 0 aromatic heterocycles. The molecule has 0 bridgehead atoms. The molecule has 0 fully saturated rings. The molecule has 0 aliphatic carbocycles. The standard InChI is InChI=1S/C25H33NO10S/c1-31-18-12-22(33-3)19(23(13-18)34-4)9-10-37(29,30)16-17-7-8-21(32-2)20(11-17)26(14-24(27)35-5)15-25(28)36-6/h7-8,11-13H,9-10,14-16H2,1-6H3. The number of methoxy groups -OCH3 is 6. The monoisotopic (exact) mass is 539 g/mol. The fraction of sp³-hybridized carbons (Fsp3) is 0.440. The fourth-order valence-corrected chi connectivity index (χ4v) is 4.99. The number of nitrogens with zero attached hydrogens (tertiary/aromatic N) is 1. The predicted molar refractivity (Wildman–Crippen MR) is 137 cm³/mol.